The fourth-order valence-electron chi connectivity index (χ4n) is 6.01. The maximum Gasteiger partial charge on any atom is 0.417 e. The van der Waals surface area contributed by atoms with Crippen LogP contribution in [0.15, 0.2) is 72.1 Å². The molecule has 0 atom stereocenters. The van der Waals surface area contributed by atoms with Crippen LogP contribution in [0.25, 0.3) is 11.1 Å². The van der Waals surface area contributed by atoms with Gasteiger partial charge in [0.2, 0.25) is 0 Å². The molecule has 3 N–H and O–H groups in total. The summed E-state index contributed by atoms with van der Waals surface area (Å²) in [4.78, 5) is 17.8. The van der Waals surface area contributed by atoms with E-state index in [0.717, 1.165) is 50.3 Å². The van der Waals surface area contributed by atoms with Crippen LogP contribution in [0.2, 0.25) is 0 Å². The van der Waals surface area contributed by atoms with E-state index < -0.39 is 29.0 Å². The molecule has 2 aliphatic heterocycles. The van der Waals surface area contributed by atoms with Crippen LogP contribution in [0.1, 0.15) is 44.6 Å². The Morgan fingerprint density at radius 2 is 1.79 bits per heavy atom. The Balaban J connectivity index is 1.45. The van der Waals surface area contributed by atoms with Gasteiger partial charge in [-0.1, -0.05) is 44.9 Å². The average molecular weight is 598 g/mol. The molecule has 2 aromatic carbocycles. The summed E-state index contributed by atoms with van der Waals surface area (Å²) in [6, 6.07) is 10.7. The third kappa shape index (κ3) is 7.48. The van der Waals surface area contributed by atoms with Gasteiger partial charge in [-0.2, -0.15) is 13.2 Å². The molecule has 230 valence electrons. The van der Waals surface area contributed by atoms with E-state index in [2.05, 4.69) is 39.3 Å². The largest absolute Gasteiger partial charge is 0.417 e. The topological polar surface area (TPSA) is 59.6 Å². The summed E-state index contributed by atoms with van der Waals surface area (Å²) >= 11 is 0. The third-order valence-corrected chi connectivity index (χ3v) is 8.51. The van der Waals surface area contributed by atoms with Crippen molar-refractivity contribution in [2.75, 3.05) is 42.9 Å². The highest BCUT2D eigenvalue weighted by molar-refractivity contribution is 6.09. The lowest BCUT2D eigenvalue weighted by Gasteiger charge is -2.36. The quantitative estimate of drug-likeness (QED) is 0.304. The second-order valence-corrected chi connectivity index (χ2v) is 11.4. The number of benzene rings is 2. The van der Waals surface area contributed by atoms with Crippen LogP contribution < -0.4 is 20.9 Å². The summed E-state index contributed by atoms with van der Waals surface area (Å²) in [6.07, 6.45) is 3.05. The summed E-state index contributed by atoms with van der Waals surface area (Å²) < 4.78 is 56.7. The van der Waals surface area contributed by atoms with Crippen molar-refractivity contribution < 1.29 is 22.4 Å². The van der Waals surface area contributed by atoms with Gasteiger partial charge in [0.1, 0.15) is 5.82 Å². The van der Waals surface area contributed by atoms with Crippen molar-refractivity contribution in [1.29, 1.82) is 0 Å². The van der Waals surface area contributed by atoms with Crippen molar-refractivity contribution in [2.24, 2.45) is 0 Å². The lowest BCUT2D eigenvalue weighted by atomic mass is 9.95. The van der Waals surface area contributed by atoms with Gasteiger partial charge >= 0.3 is 6.18 Å². The number of nitrogens with one attached hydrogen (secondary N) is 3. The van der Waals surface area contributed by atoms with E-state index in [-0.39, 0.29) is 5.70 Å². The highest BCUT2D eigenvalue weighted by Crippen LogP contribution is 2.37. The lowest BCUT2D eigenvalue weighted by molar-refractivity contribution is -0.115. The van der Waals surface area contributed by atoms with Gasteiger partial charge < -0.3 is 25.8 Å². The maximum atomic E-state index is 15.2. The molecule has 0 unspecified atom stereocenters. The number of anilines is 2. The summed E-state index contributed by atoms with van der Waals surface area (Å²) in [7, 11) is 0. The van der Waals surface area contributed by atoms with Crippen LogP contribution in [0.5, 0.6) is 0 Å². The number of halogens is 4. The maximum absolute atomic E-state index is 15.2. The number of dihydropyridines is 1. The monoisotopic (exact) mass is 597 g/mol. The summed E-state index contributed by atoms with van der Waals surface area (Å²) in [5.41, 5.74) is 1.24. The number of carbonyl (C=O) groups is 1. The molecule has 2 fully saturated rings. The smallest absolute Gasteiger partial charge is 0.367 e. The van der Waals surface area contributed by atoms with Gasteiger partial charge in [-0.3, -0.25) is 4.79 Å². The van der Waals surface area contributed by atoms with E-state index in [1.807, 2.05) is 6.07 Å². The van der Waals surface area contributed by atoms with E-state index in [9.17, 15) is 18.0 Å². The van der Waals surface area contributed by atoms with Crippen LogP contribution in [0.4, 0.5) is 28.9 Å². The second-order valence-electron chi connectivity index (χ2n) is 11.4. The highest BCUT2D eigenvalue weighted by Gasteiger charge is 2.40. The molecule has 6 nitrogen and oxygen atoms in total. The van der Waals surface area contributed by atoms with Gasteiger partial charge in [0.15, 0.2) is 0 Å². The Labute approximate surface area is 250 Å². The number of hydrogen-bond donors (Lipinski definition) is 3. The van der Waals surface area contributed by atoms with E-state index >= 15 is 4.39 Å². The van der Waals surface area contributed by atoms with Crippen molar-refractivity contribution in [3.63, 3.8) is 0 Å². The Bertz CT molecular complexity index is 1400. The fourth-order valence-corrected chi connectivity index (χ4v) is 6.01. The molecule has 3 aliphatic rings. The summed E-state index contributed by atoms with van der Waals surface area (Å²) in [6.45, 7) is 10.1. The lowest BCUT2D eigenvalue weighted by Crippen LogP contribution is -2.46. The molecule has 1 amide bonds. The average Bonchev–Trinajstić information content (AvgIpc) is 3.00. The number of alkyl halides is 3. The Hall–Kier alpha value is -3.63. The molecular weight excluding hydrogens is 558 g/mol. The molecule has 2 aromatic rings. The molecule has 1 aliphatic carbocycles. The van der Waals surface area contributed by atoms with Gasteiger partial charge in [0.25, 0.3) is 5.91 Å². The van der Waals surface area contributed by atoms with Gasteiger partial charge in [0, 0.05) is 56.2 Å². The zero-order valence-corrected chi connectivity index (χ0v) is 24.5. The minimum atomic E-state index is -4.75. The second kappa shape index (κ2) is 13.3. The van der Waals surface area contributed by atoms with Crippen LogP contribution in [-0.4, -0.2) is 55.7 Å². The molecule has 0 spiro atoms. The van der Waals surface area contributed by atoms with Crippen molar-refractivity contribution in [2.45, 2.75) is 57.8 Å². The molecule has 2 heterocycles. The fraction of sp³-hybridized carbons (Fsp3) is 0.424. The van der Waals surface area contributed by atoms with E-state index in [0.29, 0.717) is 48.2 Å². The molecule has 1 saturated heterocycles. The molecule has 0 radical (unpaired) electrons. The Morgan fingerprint density at radius 1 is 1.05 bits per heavy atom. The molecule has 5 rings (SSSR count). The molecule has 1 saturated carbocycles. The van der Waals surface area contributed by atoms with Gasteiger partial charge in [0.05, 0.1) is 22.5 Å². The Morgan fingerprint density at radius 3 is 2.49 bits per heavy atom. The molecule has 0 aromatic heterocycles. The number of hydrogen-bond acceptors (Lipinski definition) is 5. The minimum Gasteiger partial charge on any atom is -0.367 e. The van der Waals surface area contributed by atoms with Crippen molar-refractivity contribution in [3.8, 4) is 11.1 Å². The molecule has 10 heteroatoms. The van der Waals surface area contributed by atoms with E-state index in [1.54, 1.807) is 24.3 Å². The van der Waals surface area contributed by atoms with E-state index in [4.69, 9.17) is 0 Å². The zero-order chi connectivity index (χ0) is 30.6. The van der Waals surface area contributed by atoms with Crippen LogP contribution in [0.3, 0.4) is 0 Å². The summed E-state index contributed by atoms with van der Waals surface area (Å²) in [5, 5.41) is 8.92. The molecule has 43 heavy (non-hydrogen) atoms. The van der Waals surface area contributed by atoms with Crippen molar-refractivity contribution >= 4 is 17.3 Å². The molecular formula is C33H39F4N5O. The normalized spacial score (nSPS) is 18.6. The SMILES string of the molecule is C=C1C=C(C(F)(F)F)C(C(=O)Nc2cc(-c3cc(CNC4CCCCC4)ccc3F)ccc2N2CCN(CC)CC2)=CN1. The van der Waals surface area contributed by atoms with E-state index in [1.165, 1.54) is 25.3 Å². The van der Waals surface area contributed by atoms with Crippen LogP contribution in [0, 0.1) is 5.82 Å². The highest BCUT2D eigenvalue weighted by atomic mass is 19.4. The third-order valence-electron chi connectivity index (χ3n) is 8.51. The van der Waals surface area contributed by atoms with Gasteiger partial charge in [-0.15, -0.1) is 0 Å². The summed E-state index contributed by atoms with van der Waals surface area (Å²) in [5.74, 6) is -1.33. The number of likely N-dealkylation sites (N-methyl/N-ethyl adjacent to an activating group) is 1. The first-order valence-electron chi connectivity index (χ1n) is 15.0. The number of nitrogens with zero attached hydrogens (tertiary/aromatic N) is 2. The predicted molar refractivity (Wildman–Crippen MR) is 163 cm³/mol. The van der Waals surface area contributed by atoms with Crippen molar-refractivity contribution in [3.05, 3.63) is 83.5 Å². The first-order valence-corrected chi connectivity index (χ1v) is 15.0. The zero-order valence-electron chi connectivity index (χ0n) is 24.5. The number of piperazine rings is 1. The number of carbonyl (C=O) groups excluding carboxylic acids is 1. The van der Waals surface area contributed by atoms with Crippen LogP contribution in [-0.2, 0) is 11.3 Å². The van der Waals surface area contributed by atoms with Gasteiger partial charge in [-0.25, -0.2) is 4.39 Å². The first kappa shape index (κ1) is 30.8. The number of allylic oxidation sites excluding steroid dienone is 1. The predicted octanol–water partition coefficient (Wildman–Crippen LogP) is 6.48. The van der Waals surface area contributed by atoms with Crippen LogP contribution >= 0.6 is 0 Å². The van der Waals surface area contributed by atoms with Gasteiger partial charge in [-0.05, 0) is 60.9 Å². The first-order chi connectivity index (χ1) is 20.6. The van der Waals surface area contributed by atoms with Crippen molar-refractivity contribution in [1.82, 2.24) is 15.5 Å². The number of rotatable bonds is 8. The standard InChI is InChI=1S/C33H39F4N5O/c1-3-41-13-15-42(16-14-41)31-12-10-24(26-18-23(9-11-29(26)34)20-39-25-7-5-4-6-8-25)19-30(31)40-32(43)27-21-38-22(2)17-28(27)33(35,36)37/h9-12,17-19,21,25,38-39H,2-8,13-16,20H2,1H3,(H,40,43). The Kier molecular flexibility index (Phi) is 9.56. The minimum absolute atomic E-state index is 0.0358. The number of amides is 1. The molecule has 0 bridgehead atoms.